The molecular formula is C12H19NOS. The highest BCUT2D eigenvalue weighted by atomic mass is 32.1. The molecule has 0 aromatic heterocycles. The molecule has 1 aromatic carbocycles. The van der Waals surface area contributed by atoms with Crippen molar-refractivity contribution in [3.05, 3.63) is 23.8 Å². The van der Waals surface area contributed by atoms with Crippen LogP contribution in [-0.2, 0) is 0 Å². The standard InChI is InChI=1S/C12H19NOS/c1-3-7-14-12-5-4-10(2)9-11(12)13-6-8-15/h4-5,9,13,15H,3,6-8H2,1-2H3. The smallest absolute Gasteiger partial charge is 0.142 e. The molecule has 0 aliphatic heterocycles. The van der Waals surface area contributed by atoms with Crippen molar-refractivity contribution >= 4 is 18.3 Å². The minimum absolute atomic E-state index is 0.763. The summed E-state index contributed by atoms with van der Waals surface area (Å²) in [6.07, 6.45) is 1.03. The molecule has 84 valence electrons. The fourth-order valence-electron chi connectivity index (χ4n) is 1.31. The van der Waals surface area contributed by atoms with Gasteiger partial charge in [0.25, 0.3) is 0 Å². The van der Waals surface area contributed by atoms with Gasteiger partial charge in [-0.05, 0) is 31.0 Å². The predicted octanol–water partition coefficient (Wildman–Crippen LogP) is 3.13. The summed E-state index contributed by atoms with van der Waals surface area (Å²) >= 11 is 4.18. The van der Waals surface area contributed by atoms with Crippen molar-refractivity contribution in [1.82, 2.24) is 0 Å². The fourth-order valence-corrected chi connectivity index (χ4v) is 1.42. The molecule has 0 spiro atoms. The molecule has 0 atom stereocenters. The predicted molar refractivity (Wildman–Crippen MR) is 69.3 cm³/mol. The van der Waals surface area contributed by atoms with Crippen LogP contribution in [0.3, 0.4) is 0 Å². The van der Waals surface area contributed by atoms with Gasteiger partial charge in [0.05, 0.1) is 12.3 Å². The normalized spacial score (nSPS) is 10.1. The summed E-state index contributed by atoms with van der Waals surface area (Å²) in [5, 5.41) is 3.31. The molecule has 2 nitrogen and oxygen atoms in total. The largest absolute Gasteiger partial charge is 0.491 e. The van der Waals surface area contributed by atoms with Crippen molar-refractivity contribution in [1.29, 1.82) is 0 Å². The Morgan fingerprint density at radius 3 is 2.87 bits per heavy atom. The number of anilines is 1. The van der Waals surface area contributed by atoms with Gasteiger partial charge in [-0.1, -0.05) is 13.0 Å². The quantitative estimate of drug-likeness (QED) is 0.726. The molecule has 0 bridgehead atoms. The molecular weight excluding hydrogens is 206 g/mol. The maximum atomic E-state index is 5.65. The third-order valence-electron chi connectivity index (χ3n) is 2.02. The SMILES string of the molecule is CCCOc1ccc(C)cc1NCCS. The number of hydrogen-bond acceptors (Lipinski definition) is 3. The summed E-state index contributed by atoms with van der Waals surface area (Å²) in [6, 6.07) is 6.19. The Hall–Kier alpha value is -0.830. The van der Waals surface area contributed by atoms with E-state index in [4.69, 9.17) is 4.74 Å². The molecule has 0 saturated carbocycles. The van der Waals surface area contributed by atoms with Crippen molar-refractivity contribution < 1.29 is 4.74 Å². The second kappa shape index (κ2) is 6.62. The van der Waals surface area contributed by atoms with Crippen LogP contribution in [0, 0.1) is 6.92 Å². The van der Waals surface area contributed by atoms with Crippen molar-refractivity contribution in [2.24, 2.45) is 0 Å². The molecule has 0 saturated heterocycles. The van der Waals surface area contributed by atoms with E-state index in [2.05, 4.69) is 43.9 Å². The second-order valence-electron chi connectivity index (χ2n) is 3.50. The summed E-state index contributed by atoms with van der Waals surface area (Å²) in [7, 11) is 0. The molecule has 0 unspecified atom stereocenters. The Kier molecular flexibility index (Phi) is 5.40. The average molecular weight is 225 g/mol. The van der Waals surface area contributed by atoms with Gasteiger partial charge in [0.1, 0.15) is 5.75 Å². The highest BCUT2D eigenvalue weighted by Crippen LogP contribution is 2.25. The Morgan fingerprint density at radius 1 is 1.40 bits per heavy atom. The van der Waals surface area contributed by atoms with Crippen LogP contribution in [0.1, 0.15) is 18.9 Å². The number of thiol groups is 1. The van der Waals surface area contributed by atoms with Crippen LogP contribution < -0.4 is 10.1 Å². The van der Waals surface area contributed by atoms with Gasteiger partial charge in [-0.15, -0.1) is 0 Å². The molecule has 0 radical (unpaired) electrons. The van der Waals surface area contributed by atoms with Gasteiger partial charge in [-0.3, -0.25) is 0 Å². The molecule has 3 heteroatoms. The van der Waals surface area contributed by atoms with E-state index in [0.717, 1.165) is 36.8 Å². The van der Waals surface area contributed by atoms with Gasteiger partial charge in [0.2, 0.25) is 0 Å². The summed E-state index contributed by atoms with van der Waals surface area (Å²) in [4.78, 5) is 0. The lowest BCUT2D eigenvalue weighted by Gasteiger charge is -2.13. The number of hydrogen-bond donors (Lipinski definition) is 2. The summed E-state index contributed by atoms with van der Waals surface area (Å²) < 4.78 is 5.65. The topological polar surface area (TPSA) is 21.3 Å². The van der Waals surface area contributed by atoms with E-state index < -0.39 is 0 Å². The maximum Gasteiger partial charge on any atom is 0.142 e. The first kappa shape index (κ1) is 12.2. The van der Waals surface area contributed by atoms with Gasteiger partial charge in [-0.25, -0.2) is 0 Å². The summed E-state index contributed by atoms with van der Waals surface area (Å²) in [5.41, 5.74) is 2.30. The highest BCUT2D eigenvalue weighted by molar-refractivity contribution is 7.80. The van der Waals surface area contributed by atoms with Crippen LogP contribution in [0.5, 0.6) is 5.75 Å². The average Bonchev–Trinajstić information content (AvgIpc) is 2.25. The zero-order valence-corrected chi connectivity index (χ0v) is 10.3. The number of ether oxygens (including phenoxy) is 1. The third-order valence-corrected chi connectivity index (χ3v) is 2.25. The number of aryl methyl sites for hydroxylation is 1. The van der Waals surface area contributed by atoms with Crippen molar-refractivity contribution in [2.45, 2.75) is 20.3 Å². The molecule has 1 N–H and O–H groups in total. The molecule has 1 rings (SSSR count). The van der Waals surface area contributed by atoms with E-state index in [1.807, 2.05) is 6.07 Å². The lowest BCUT2D eigenvalue weighted by molar-refractivity contribution is 0.319. The Labute approximate surface area is 97.4 Å². The minimum Gasteiger partial charge on any atom is -0.491 e. The maximum absolute atomic E-state index is 5.65. The van der Waals surface area contributed by atoms with Gasteiger partial charge < -0.3 is 10.1 Å². The Morgan fingerprint density at radius 2 is 2.20 bits per heavy atom. The van der Waals surface area contributed by atoms with E-state index in [9.17, 15) is 0 Å². The lowest BCUT2D eigenvalue weighted by atomic mass is 10.2. The number of benzene rings is 1. The van der Waals surface area contributed by atoms with Gasteiger partial charge in [0.15, 0.2) is 0 Å². The Bertz CT molecular complexity index is 302. The van der Waals surface area contributed by atoms with Gasteiger partial charge in [-0.2, -0.15) is 12.6 Å². The van der Waals surface area contributed by atoms with Crippen LogP contribution in [0.2, 0.25) is 0 Å². The lowest BCUT2D eigenvalue weighted by Crippen LogP contribution is -2.06. The molecule has 0 aliphatic rings. The number of rotatable bonds is 6. The van der Waals surface area contributed by atoms with Crippen molar-refractivity contribution in [3.63, 3.8) is 0 Å². The van der Waals surface area contributed by atoms with Crippen LogP contribution in [0.25, 0.3) is 0 Å². The molecule has 0 heterocycles. The van der Waals surface area contributed by atoms with Crippen LogP contribution in [0.4, 0.5) is 5.69 Å². The first-order valence-corrected chi connectivity index (χ1v) is 5.99. The zero-order chi connectivity index (χ0) is 11.1. The van der Waals surface area contributed by atoms with Gasteiger partial charge >= 0.3 is 0 Å². The van der Waals surface area contributed by atoms with E-state index in [0.29, 0.717) is 0 Å². The van der Waals surface area contributed by atoms with Crippen LogP contribution in [-0.4, -0.2) is 18.9 Å². The zero-order valence-electron chi connectivity index (χ0n) is 9.42. The first-order valence-electron chi connectivity index (χ1n) is 5.36. The van der Waals surface area contributed by atoms with Crippen LogP contribution in [0.15, 0.2) is 18.2 Å². The molecule has 0 aliphatic carbocycles. The van der Waals surface area contributed by atoms with E-state index in [1.54, 1.807) is 0 Å². The molecule has 0 fully saturated rings. The third kappa shape index (κ3) is 4.04. The van der Waals surface area contributed by atoms with Crippen molar-refractivity contribution in [2.75, 3.05) is 24.2 Å². The Balaban J connectivity index is 2.73. The summed E-state index contributed by atoms with van der Waals surface area (Å²) in [6.45, 7) is 5.80. The minimum atomic E-state index is 0.763. The second-order valence-corrected chi connectivity index (χ2v) is 3.95. The highest BCUT2D eigenvalue weighted by Gasteiger charge is 2.02. The summed E-state index contributed by atoms with van der Waals surface area (Å²) in [5.74, 6) is 1.76. The monoisotopic (exact) mass is 225 g/mol. The van der Waals surface area contributed by atoms with Gasteiger partial charge in [0, 0.05) is 12.3 Å². The van der Waals surface area contributed by atoms with E-state index in [-0.39, 0.29) is 0 Å². The fraction of sp³-hybridized carbons (Fsp3) is 0.500. The van der Waals surface area contributed by atoms with Crippen molar-refractivity contribution in [3.8, 4) is 5.75 Å². The number of nitrogens with one attached hydrogen (secondary N) is 1. The van der Waals surface area contributed by atoms with E-state index in [1.165, 1.54) is 5.56 Å². The first-order chi connectivity index (χ1) is 7.27. The molecule has 15 heavy (non-hydrogen) atoms. The molecule has 0 amide bonds. The van der Waals surface area contributed by atoms with Crippen LogP contribution >= 0.6 is 12.6 Å². The molecule has 1 aromatic rings. The van der Waals surface area contributed by atoms with E-state index >= 15 is 0 Å².